The highest BCUT2D eigenvalue weighted by Gasteiger charge is 2.24. The molecule has 0 aliphatic carbocycles. The largest absolute Gasteiger partial charge is 0.342 e. The molecule has 27 heavy (non-hydrogen) atoms. The standard InChI is InChI=1S/C19H31N5O3/c1-16-20-17(27-21-16)7-6-8-18(25)24-13-11-22(12-14-24)15-19(26)23-9-4-2-3-5-10-23/h2-15H2,1H3. The van der Waals surface area contributed by atoms with Crippen molar-refractivity contribution in [2.75, 3.05) is 45.8 Å². The van der Waals surface area contributed by atoms with Gasteiger partial charge in [0.1, 0.15) is 0 Å². The van der Waals surface area contributed by atoms with Crippen molar-refractivity contribution < 1.29 is 14.1 Å². The lowest BCUT2D eigenvalue weighted by molar-refractivity contribution is -0.135. The van der Waals surface area contributed by atoms with E-state index < -0.39 is 0 Å². The summed E-state index contributed by atoms with van der Waals surface area (Å²) < 4.78 is 5.07. The van der Waals surface area contributed by atoms with Crippen LogP contribution in [-0.2, 0) is 16.0 Å². The molecule has 8 nitrogen and oxygen atoms in total. The van der Waals surface area contributed by atoms with Crippen molar-refractivity contribution in [3.05, 3.63) is 11.7 Å². The fourth-order valence-electron chi connectivity index (χ4n) is 3.76. The van der Waals surface area contributed by atoms with Crippen molar-refractivity contribution in [2.45, 2.75) is 51.9 Å². The number of hydrogen-bond donors (Lipinski definition) is 0. The molecule has 0 spiro atoms. The van der Waals surface area contributed by atoms with E-state index in [2.05, 4.69) is 15.0 Å². The second-order valence-corrected chi connectivity index (χ2v) is 7.54. The first kappa shape index (κ1) is 19.8. The third-order valence-corrected chi connectivity index (χ3v) is 5.39. The summed E-state index contributed by atoms with van der Waals surface area (Å²) in [5.74, 6) is 1.63. The summed E-state index contributed by atoms with van der Waals surface area (Å²) in [5.41, 5.74) is 0. The SMILES string of the molecule is Cc1noc(CCCC(=O)N2CCN(CC(=O)N3CCCCCC3)CC2)n1. The summed E-state index contributed by atoms with van der Waals surface area (Å²) in [6, 6.07) is 0. The predicted octanol–water partition coefficient (Wildman–Crippen LogP) is 1.25. The molecule has 2 fully saturated rings. The van der Waals surface area contributed by atoms with Crippen molar-refractivity contribution >= 4 is 11.8 Å². The fourth-order valence-corrected chi connectivity index (χ4v) is 3.76. The van der Waals surface area contributed by atoms with Gasteiger partial charge in [0.15, 0.2) is 5.82 Å². The molecule has 0 bridgehead atoms. The first-order chi connectivity index (χ1) is 13.1. The van der Waals surface area contributed by atoms with Crippen LogP contribution >= 0.6 is 0 Å². The molecule has 8 heteroatoms. The fraction of sp³-hybridized carbons (Fsp3) is 0.789. The molecule has 0 unspecified atom stereocenters. The Hall–Kier alpha value is -1.96. The third-order valence-electron chi connectivity index (χ3n) is 5.39. The molecule has 2 aliphatic heterocycles. The minimum Gasteiger partial charge on any atom is -0.342 e. The molecule has 0 atom stereocenters. The van der Waals surface area contributed by atoms with Gasteiger partial charge in [-0.1, -0.05) is 18.0 Å². The van der Waals surface area contributed by atoms with E-state index in [9.17, 15) is 9.59 Å². The summed E-state index contributed by atoms with van der Waals surface area (Å²) in [7, 11) is 0. The number of aryl methyl sites for hydroxylation is 2. The molecule has 2 aliphatic rings. The molecular formula is C19H31N5O3. The number of carbonyl (C=O) groups is 2. The van der Waals surface area contributed by atoms with Crippen LogP contribution in [-0.4, -0.2) is 82.5 Å². The lowest BCUT2D eigenvalue weighted by Gasteiger charge is -2.35. The lowest BCUT2D eigenvalue weighted by Crippen LogP contribution is -2.51. The average molecular weight is 377 g/mol. The summed E-state index contributed by atoms with van der Waals surface area (Å²) >= 11 is 0. The molecule has 2 amide bonds. The van der Waals surface area contributed by atoms with E-state index in [1.165, 1.54) is 12.8 Å². The van der Waals surface area contributed by atoms with Crippen LogP contribution in [0.25, 0.3) is 0 Å². The predicted molar refractivity (Wildman–Crippen MR) is 100 cm³/mol. The summed E-state index contributed by atoms with van der Waals surface area (Å²) in [6.45, 7) is 7.02. The maximum atomic E-state index is 12.5. The van der Waals surface area contributed by atoms with E-state index >= 15 is 0 Å². The highest BCUT2D eigenvalue weighted by atomic mass is 16.5. The quantitative estimate of drug-likeness (QED) is 0.742. The normalized spacial score (nSPS) is 19.1. The van der Waals surface area contributed by atoms with E-state index in [0.717, 1.165) is 39.0 Å². The Bertz CT molecular complexity index is 617. The van der Waals surface area contributed by atoms with Crippen molar-refractivity contribution in [3.63, 3.8) is 0 Å². The van der Waals surface area contributed by atoms with Gasteiger partial charge in [0.2, 0.25) is 17.7 Å². The van der Waals surface area contributed by atoms with E-state index in [-0.39, 0.29) is 11.8 Å². The molecule has 150 valence electrons. The lowest BCUT2D eigenvalue weighted by atomic mass is 10.2. The van der Waals surface area contributed by atoms with Gasteiger partial charge in [-0.05, 0) is 26.2 Å². The van der Waals surface area contributed by atoms with Crippen molar-refractivity contribution in [2.24, 2.45) is 0 Å². The van der Waals surface area contributed by atoms with Gasteiger partial charge in [-0.25, -0.2) is 0 Å². The summed E-state index contributed by atoms with van der Waals surface area (Å²) in [4.78, 5) is 35.1. The number of aromatic nitrogens is 2. The third kappa shape index (κ3) is 6.02. The number of carbonyl (C=O) groups excluding carboxylic acids is 2. The summed E-state index contributed by atoms with van der Waals surface area (Å²) in [5, 5.41) is 3.76. The summed E-state index contributed by atoms with van der Waals surface area (Å²) in [6.07, 6.45) is 6.56. The maximum Gasteiger partial charge on any atom is 0.236 e. The van der Waals surface area contributed by atoms with E-state index in [1.54, 1.807) is 6.92 Å². The minimum atomic E-state index is 0.171. The first-order valence-electron chi connectivity index (χ1n) is 10.2. The van der Waals surface area contributed by atoms with Gasteiger partial charge < -0.3 is 14.3 Å². The van der Waals surface area contributed by atoms with Crippen LogP contribution in [0.4, 0.5) is 0 Å². The van der Waals surface area contributed by atoms with Gasteiger partial charge >= 0.3 is 0 Å². The van der Waals surface area contributed by atoms with Gasteiger partial charge in [-0.2, -0.15) is 4.98 Å². The second kappa shape index (κ2) is 9.82. The Kier molecular flexibility index (Phi) is 7.20. The van der Waals surface area contributed by atoms with Crippen molar-refractivity contribution in [1.29, 1.82) is 0 Å². The topological polar surface area (TPSA) is 82.8 Å². The first-order valence-corrected chi connectivity index (χ1v) is 10.2. The Morgan fingerprint density at radius 3 is 2.22 bits per heavy atom. The Labute approximate surface area is 160 Å². The van der Waals surface area contributed by atoms with Gasteiger partial charge in [0.25, 0.3) is 0 Å². The molecule has 3 rings (SSSR count). The smallest absolute Gasteiger partial charge is 0.236 e. The Morgan fingerprint density at radius 2 is 1.59 bits per heavy atom. The molecule has 0 aromatic carbocycles. The molecule has 2 saturated heterocycles. The number of likely N-dealkylation sites (tertiary alicyclic amines) is 1. The number of nitrogens with zero attached hydrogens (tertiary/aromatic N) is 5. The van der Waals surface area contributed by atoms with Gasteiger partial charge in [0.05, 0.1) is 6.54 Å². The number of hydrogen-bond acceptors (Lipinski definition) is 6. The molecule has 0 N–H and O–H groups in total. The highest BCUT2D eigenvalue weighted by molar-refractivity contribution is 5.78. The average Bonchev–Trinajstić information content (AvgIpc) is 2.91. The zero-order chi connectivity index (χ0) is 19.1. The monoisotopic (exact) mass is 377 g/mol. The highest BCUT2D eigenvalue weighted by Crippen LogP contribution is 2.12. The van der Waals surface area contributed by atoms with Crippen LogP contribution in [0, 0.1) is 6.92 Å². The van der Waals surface area contributed by atoms with Crippen LogP contribution in [0.1, 0.15) is 50.2 Å². The van der Waals surface area contributed by atoms with Gasteiger partial charge in [-0.3, -0.25) is 14.5 Å². The molecule has 1 aromatic rings. The molecule has 0 radical (unpaired) electrons. The number of rotatable bonds is 6. The number of amides is 2. The Morgan fingerprint density at radius 1 is 0.926 bits per heavy atom. The molecular weight excluding hydrogens is 346 g/mol. The van der Waals surface area contributed by atoms with Crippen LogP contribution in [0.2, 0.25) is 0 Å². The van der Waals surface area contributed by atoms with Gasteiger partial charge in [-0.15, -0.1) is 0 Å². The van der Waals surface area contributed by atoms with Crippen molar-refractivity contribution in [3.8, 4) is 0 Å². The molecule has 0 saturated carbocycles. The van der Waals surface area contributed by atoms with Gasteiger partial charge in [0, 0.05) is 52.1 Å². The zero-order valence-corrected chi connectivity index (χ0v) is 16.4. The second-order valence-electron chi connectivity index (χ2n) is 7.54. The minimum absolute atomic E-state index is 0.171. The zero-order valence-electron chi connectivity index (χ0n) is 16.4. The van der Waals surface area contributed by atoms with Crippen LogP contribution in [0.5, 0.6) is 0 Å². The molecule has 3 heterocycles. The van der Waals surface area contributed by atoms with E-state index in [1.807, 2.05) is 9.80 Å². The van der Waals surface area contributed by atoms with Crippen molar-refractivity contribution in [1.82, 2.24) is 24.8 Å². The molecule has 1 aromatic heterocycles. The van der Waals surface area contributed by atoms with Crippen LogP contribution in [0.15, 0.2) is 4.52 Å². The van der Waals surface area contributed by atoms with Crippen LogP contribution in [0.3, 0.4) is 0 Å². The number of piperazine rings is 1. The van der Waals surface area contributed by atoms with Crippen LogP contribution < -0.4 is 0 Å². The maximum absolute atomic E-state index is 12.5. The van der Waals surface area contributed by atoms with E-state index in [4.69, 9.17) is 4.52 Å². The van der Waals surface area contributed by atoms with E-state index in [0.29, 0.717) is 50.6 Å². The Balaban J connectivity index is 1.34.